The van der Waals surface area contributed by atoms with E-state index >= 15 is 0 Å². The predicted molar refractivity (Wildman–Crippen MR) is 122 cm³/mol. The van der Waals surface area contributed by atoms with E-state index in [1.807, 2.05) is 31.2 Å². The summed E-state index contributed by atoms with van der Waals surface area (Å²) < 4.78 is 12.3. The largest absolute Gasteiger partial charge is 0.404 e. The van der Waals surface area contributed by atoms with Crippen molar-refractivity contribution in [2.45, 2.75) is 65.0 Å². The number of nitrogens with one attached hydrogen (secondary N) is 1. The molecule has 0 spiro atoms. The summed E-state index contributed by atoms with van der Waals surface area (Å²) in [5.41, 5.74) is 11.0. The van der Waals surface area contributed by atoms with Crippen molar-refractivity contribution in [3.8, 4) is 11.3 Å². The molecule has 0 bridgehead atoms. The van der Waals surface area contributed by atoms with Gasteiger partial charge in [0.05, 0.1) is 17.6 Å². The van der Waals surface area contributed by atoms with Gasteiger partial charge >= 0.3 is 0 Å². The fourth-order valence-electron chi connectivity index (χ4n) is 4.98. The monoisotopic (exact) mass is 409 g/mol. The third-order valence-corrected chi connectivity index (χ3v) is 5.70. The summed E-state index contributed by atoms with van der Waals surface area (Å²) in [7, 11) is 0. The van der Waals surface area contributed by atoms with Crippen LogP contribution in [0.1, 0.15) is 57.4 Å². The minimum absolute atomic E-state index is 0.127. The molecule has 1 aliphatic heterocycles. The molecule has 0 amide bonds. The lowest BCUT2D eigenvalue weighted by molar-refractivity contribution is 0.128. The van der Waals surface area contributed by atoms with Gasteiger partial charge < -0.3 is 11.1 Å². The van der Waals surface area contributed by atoms with Gasteiger partial charge in [-0.25, -0.2) is 0 Å². The minimum atomic E-state index is 0.127. The summed E-state index contributed by atoms with van der Waals surface area (Å²) in [4.78, 5) is 0. The van der Waals surface area contributed by atoms with Gasteiger partial charge in [-0.1, -0.05) is 27.9 Å². The number of nitrogens with zero attached hydrogens (tertiary/aromatic N) is 3. The first-order valence-corrected chi connectivity index (χ1v) is 10.4. The Kier molecular flexibility index (Phi) is 6.36. The molecule has 3 N–H and O–H groups in total. The lowest BCUT2D eigenvalue weighted by Crippen LogP contribution is -2.58. The minimum Gasteiger partial charge on any atom is -0.404 e. The Morgan fingerprint density at radius 3 is 2.40 bits per heavy atom. The van der Waals surface area contributed by atoms with Crippen LogP contribution in [0.3, 0.4) is 0 Å². The Morgan fingerprint density at radius 2 is 1.87 bits per heavy atom. The van der Waals surface area contributed by atoms with Gasteiger partial charge in [0.2, 0.25) is 0 Å². The van der Waals surface area contributed by atoms with E-state index in [0.717, 1.165) is 53.6 Å². The van der Waals surface area contributed by atoms with Crippen LogP contribution < -0.4 is 11.1 Å². The van der Waals surface area contributed by atoms with Crippen molar-refractivity contribution in [3.63, 3.8) is 0 Å². The van der Waals surface area contributed by atoms with Gasteiger partial charge in [-0.2, -0.15) is 10.2 Å². The Hall–Kier alpha value is -2.60. The number of aryl methyl sites for hydroxylation is 1. The van der Waals surface area contributed by atoms with Gasteiger partial charge in [0, 0.05) is 28.4 Å². The van der Waals surface area contributed by atoms with Gasteiger partial charge in [0.1, 0.15) is 0 Å². The first kappa shape index (κ1) is 22.1. The quantitative estimate of drug-likeness (QED) is 0.695. The fraction of sp³-hybridized carbons (Fsp3) is 0.458. The normalized spacial score (nSPS) is 19.3. The molecule has 0 saturated carbocycles. The van der Waals surface area contributed by atoms with Crippen molar-refractivity contribution in [3.05, 3.63) is 53.4 Å². The van der Waals surface area contributed by atoms with Crippen molar-refractivity contribution in [1.82, 2.24) is 15.5 Å². The molecule has 1 aromatic heterocycles. The summed E-state index contributed by atoms with van der Waals surface area (Å²) in [6, 6.07) is 9.91. The van der Waals surface area contributed by atoms with Gasteiger partial charge in [-0.3, -0.25) is 0 Å². The van der Waals surface area contributed by atoms with Gasteiger partial charge in [-0.15, -0.1) is 0 Å². The van der Waals surface area contributed by atoms with E-state index in [-0.39, 0.29) is 11.1 Å². The number of allylic oxidation sites excluding steroid dienone is 1. The summed E-state index contributed by atoms with van der Waals surface area (Å²) >= 11 is 0. The van der Waals surface area contributed by atoms with Crippen molar-refractivity contribution in [2.75, 3.05) is 0 Å². The number of rotatable bonds is 5. The van der Waals surface area contributed by atoms with Crippen LogP contribution in [0.25, 0.3) is 16.8 Å². The van der Waals surface area contributed by atoms with Gasteiger partial charge in [-0.05, 0) is 83.1 Å². The van der Waals surface area contributed by atoms with E-state index in [1.54, 1.807) is 0 Å². The van der Waals surface area contributed by atoms with Crippen molar-refractivity contribution < 1.29 is 4.48 Å². The molecular weight excluding hydrogens is 377 g/mol. The third kappa shape index (κ3) is 5.30. The first-order chi connectivity index (χ1) is 14.1. The molecule has 1 aliphatic rings. The zero-order chi connectivity index (χ0) is 21.9. The summed E-state index contributed by atoms with van der Waals surface area (Å²) in [5.74, 6) is 0.580. The summed E-state index contributed by atoms with van der Waals surface area (Å²) in [6.07, 6.45) is 5.63. The number of benzene rings is 1. The molecule has 6 heteroatoms. The molecule has 3 rings (SSSR count). The van der Waals surface area contributed by atoms with E-state index < -0.39 is 0 Å². The Labute approximate surface area is 178 Å². The van der Waals surface area contributed by atoms with Crippen LogP contribution in [-0.2, 0) is 6.42 Å². The molecule has 0 atom stereocenters. The second-order valence-corrected chi connectivity index (χ2v) is 9.66. The number of nitrogens with two attached hydrogens (primary N) is 1. The first-order valence-electron chi connectivity index (χ1n) is 10.4. The van der Waals surface area contributed by atoms with Crippen LogP contribution in [0.15, 0.2) is 41.7 Å². The molecule has 2 aromatic rings. The SMILES string of the molecule is Cc1cc(C(C=NF)=CN)ccc1-c1ccc(CC2CC(C)(C)NC(C)(C)C2)nn1. The maximum absolute atomic E-state index is 12.3. The maximum Gasteiger partial charge on any atom is 0.0932 e. The van der Waals surface area contributed by atoms with E-state index in [0.29, 0.717) is 11.5 Å². The number of hydrogen-bond donors (Lipinski definition) is 2. The lowest BCUT2D eigenvalue weighted by Gasteiger charge is -2.46. The van der Waals surface area contributed by atoms with Crippen LogP contribution in [0.4, 0.5) is 4.48 Å². The zero-order valence-corrected chi connectivity index (χ0v) is 18.5. The Morgan fingerprint density at radius 1 is 1.17 bits per heavy atom. The average Bonchev–Trinajstić information content (AvgIpc) is 2.64. The predicted octanol–water partition coefficient (Wildman–Crippen LogP) is 4.81. The van der Waals surface area contributed by atoms with E-state index in [2.05, 4.69) is 54.5 Å². The maximum atomic E-state index is 12.3. The summed E-state index contributed by atoms with van der Waals surface area (Å²) in [5, 5.41) is 15.3. The number of halogens is 1. The number of aromatic nitrogens is 2. The lowest BCUT2D eigenvalue weighted by atomic mass is 9.74. The van der Waals surface area contributed by atoms with E-state index in [9.17, 15) is 4.48 Å². The molecule has 160 valence electrons. The second kappa shape index (κ2) is 8.64. The highest BCUT2D eigenvalue weighted by atomic mass is 19.2. The average molecular weight is 410 g/mol. The molecule has 0 aliphatic carbocycles. The smallest absolute Gasteiger partial charge is 0.0932 e. The molecule has 1 aromatic carbocycles. The Balaban J connectivity index is 1.76. The fourth-order valence-corrected chi connectivity index (χ4v) is 4.98. The topological polar surface area (TPSA) is 76.2 Å². The molecule has 0 unspecified atom stereocenters. The van der Waals surface area contributed by atoms with Crippen LogP contribution >= 0.6 is 0 Å². The second-order valence-electron chi connectivity index (χ2n) is 9.66. The van der Waals surface area contributed by atoms with Crippen LogP contribution in [0.5, 0.6) is 0 Å². The van der Waals surface area contributed by atoms with Gasteiger partial charge in [0.15, 0.2) is 0 Å². The van der Waals surface area contributed by atoms with Crippen molar-refractivity contribution in [2.24, 2.45) is 16.9 Å². The standard InChI is InChI=1S/C24H32FN5/c1-16-10-18(19(14-26)15-27-25)6-8-21(16)22-9-7-20(28-29-22)11-17-12-23(2,3)30-24(4,5)13-17/h6-10,14-15,17,30H,11-13,26H2,1-5H3. The summed E-state index contributed by atoms with van der Waals surface area (Å²) in [6.45, 7) is 11.1. The molecule has 5 nitrogen and oxygen atoms in total. The van der Waals surface area contributed by atoms with E-state index in [1.165, 1.54) is 6.20 Å². The van der Waals surface area contributed by atoms with Crippen molar-refractivity contribution >= 4 is 11.8 Å². The molecule has 1 saturated heterocycles. The molecule has 30 heavy (non-hydrogen) atoms. The Bertz CT molecular complexity index is 929. The number of hydrogen-bond acceptors (Lipinski definition) is 5. The van der Waals surface area contributed by atoms with E-state index in [4.69, 9.17) is 5.73 Å². The molecular formula is C24H32FN5. The van der Waals surface area contributed by atoms with Crippen molar-refractivity contribution in [1.29, 1.82) is 0 Å². The molecule has 0 radical (unpaired) electrons. The third-order valence-electron chi connectivity index (χ3n) is 5.70. The van der Waals surface area contributed by atoms with Crippen LogP contribution in [0, 0.1) is 12.8 Å². The molecule has 2 heterocycles. The molecule has 1 fully saturated rings. The van der Waals surface area contributed by atoms with Crippen LogP contribution in [-0.4, -0.2) is 27.5 Å². The van der Waals surface area contributed by atoms with Gasteiger partial charge in [0.25, 0.3) is 0 Å². The van der Waals surface area contributed by atoms with Crippen LogP contribution in [0.2, 0.25) is 0 Å². The zero-order valence-electron chi connectivity index (χ0n) is 18.5. The highest BCUT2D eigenvalue weighted by Gasteiger charge is 2.37. The highest BCUT2D eigenvalue weighted by molar-refractivity contribution is 6.09. The highest BCUT2D eigenvalue weighted by Crippen LogP contribution is 2.34. The number of piperidine rings is 1.